The van der Waals surface area contributed by atoms with E-state index in [0.29, 0.717) is 5.16 Å². The van der Waals surface area contributed by atoms with Crippen molar-refractivity contribution in [3.63, 3.8) is 0 Å². The molecule has 2 aromatic heterocycles. The molecular formula is C22H25N3O2S2. The molecule has 7 heteroatoms. The molecule has 152 valence electrons. The predicted octanol–water partition coefficient (Wildman–Crippen LogP) is 4.17. The molecule has 1 aromatic carbocycles. The van der Waals surface area contributed by atoms with Crippen LogP contribution in [-0.2, 0) is 17.6 Å². The van der Waals surface area contributed by atoms with Gasteiger partial charge in [-0.1, -0.05) is 17.8 Å². The maximum atomic E-state index is 13.7. The van der Waals surface area contributed by atoms with Crippen molar-refractivity contribution in [3.05, 3.63) is 50.1 Å². The number of nitrogens with one attached hydrogen (secondary N) is 1. The lowest BCUT2D eigenvalue weighted by Crippen LogP contribution is -2.29. The number of aromatic nitrogens is 2. The third kappa shape index (κ3) is 3.62. The van der Waals surface area contributed by atoms with Crippen molar-refractivity contribution in [2.75, 3.05) is 7.05 Å². The number of benzene rings is 1. The Morgan fingerprint density at radius 1 is 1.24 bits per heavy atom. The van der Waals surface area contributed by atoms with Crippen molar-refractivity contribution in [2.24, 2.45) is 0 Å². The van der Waals surface area contributed by atoms with Crippen molar-refractivity contribution in [1.29, 1.82) is 0 Å². The van der Waals surface area contributed by atoms with E-state index in [9.17, 15) is 9.59 Å². The van der Waals surface area contributed by atoms with Crippen LogP contribution in [0.25, 0.3) is 15.9 Å². The van der Waals surface area contributed by atoms with Crippen molar-refractivity contribution >= 4 is 39.2 Å². The first kappa shape index (κ1) is 20.2. The summed E-state index contributed by atoms with van der Waals surface area (Å²) >= 11 is 2.97. The van der Waals surface area contributed by atoms with Crippen LogP contribution in [0.1, 0.15) is 41.3 Å². The number of thiophene rings is 1. The first-order valence-corrected chi connectivity index (χ1v) is 11.6. The van der Waals surface area contributed by atoms with Gasteiger partial charge in [0.1, 0.15) is 4.83 Å². The molecular weight excluding hydrogens is 402 g/mol. The van der Waals surface area contributed by atoms with Gasteiger partial charge in [0, 0.05) is 11.9 Å². The number of carbonyl (C=O) groups excluding carboxylic acids is 1. The Hall–Kier alpha value is -2.12. The SMILES string of the molecule is CNC(=O)C(C)Sc1nc2sc3c(c2c(=O)n1-c1ccc(C)c(C)c1)CCCC3. The third-order valence-corrected chi connectivity index (χ3v) is 7.84. The lowest BCUT2D eigenvalue weighted by atomic mass is 9.97. The first-order chi connectivity index (χ1) is 13.9. The Morgan fingerprint density at radius 2 is 2.00 bits per heavy atom. The largest absolute Gasteiger partial charge is 0.358 e. The number of amides is 1. The topological polar surface area (TPSA) is 64.0 Å². The highest BCUT2D eigenvalue weighted by molar-refractivity contribution is 8.00. The lowest BCUT2D eigenvalue weighted by molar-refractivity contribution is -0.119. The van der Waals surface area contributed by atoms with Crippen LogP contribution in [0, 0.1) is 13.8 Å². The standard InChI is InChI=1S/C22H25N3O2S2/c1-12-9-10-15(11-13(12)2)25-21(27)18-16-7-5-6-8-17(16)29-20(18)24-22(25)28-14(3)19(26)23-4/h9-11,14H,5-8H2,1-4H3,(H,23,26). The smallest absolute Gasteiger partial charge is 0.267 e. The van der Waals surface area contributed by atoms with Gasteiger partial charge in [0.15, 0.2) is 5.16 Å². The van der Waals surface area contributed by atoms with Crippen LogP contribution in [-0.4, -0.2) is 27.8 Å². The summed E-state index contributed by atoms with van der Waals surface area (Å²) in [5.74, 6) is -0.0820. The monoisotopic (exact) mass is 427 g/mol. The van der Waals surface area contributed by atoms with E-state index in [-0.39, 0.29) is 16.7 Å². The molecule has 1 aliphatic carbocycles. The summed E-state index contributed by atoms with van der Waals surface area (Å²) in [5, 5.41) is 3.66. The summed E-state index contributed by atoms with van der Waals surface area (Å²) in [5.41, 5.74) is 4.26. The van der Waals surface area contributed by atoms with E-state index >= 15 is 0 Å². The molecule has 5 nitrogen and oxygen atoms in total. The van der Waals surface area contributed by atoms with Gasteiger partial charge in [-0.2, -0.15) is 0 Å². The zero-order valence-corrected chi connectivity index (χ0v) is 18.8. The lowest BCUT2D eigenvalue weighted by Gasteiger charge is -2.16. The van der Waals surface area contributed by atoms with Crippen molar-refractivity contribution in [2.45, 2.75) is 56.9 Å². The molecule has 0 aliphatic heterocycles. The van der Waals surface area contributed by atoms with E-state index in [4.69, 9.17) is 4.98 Å². The molecule has 0 radical (unpaired) electrons. The predicted molar refractivity (Wildman–Crippen MR) is 121 cm³/mol. The fourth-order valence-electron chi connectivity index (χ4n) is 3.77. The summed E-state index contributed by atoms with van der Waals surface area (Å²) in [4.78, 5) is 32.8. The normalized spacial score (nSPS) is 14.6. The Kier molecular flexibility index (Phi) is 5.53. The molecule has 4 rings (SSSR count). The summed E-state index contributed by atoms with van der Waals surface area (Å²) in [6.07, 6.45) is 4.25. The second-order valence-electron chi connectivity index (χ2n) is 7.57. The number of hydrogen-bond donors (Lipinski definition) is 1. The number of nitrogens with zero attached hydrogens (tertiary/aromatic N) is 2. The second kappa shape index (κ2) is 7.95. The number of fused-ring (bicyclic) bond motifs is 3. The van der Waals surface area contributed by atoms with Gasteiger partial charge in [0.2, 0.25) is 5.91 Å². The number of rotatable bonds is 4. The average Bonchev–Trinajstić information content (AvgIpc) is 3.08. The van der Waals surface area contributed by atoms with Crippen LogP contribution in [0.2, 0.25) is 0 Å². The maximum absolute atomic E-state index is 13.7. The van der Waals surface area contributed by atoms with Gasteiger partial charge in [0.25, 0.3) is 5.56 Å². The number of carbonyl (C=O) groups is 1. The van der Waals surface area contributed by atoms with Gasteiger partial charge in [0.05, 0.1) is 16.3 Å². The van der Waals surface area contributed by atoms with Crippen LogP contribution in [0.15, 0.2) is 28.2 Å². The van der Waals surface area contributed by atoms with Crippen LogP contribution in [0.5, 0.6) is 0 Å². The molecule has 1 unspecified atom stereocenters. The van der Waals surface area contributed by atoms with Gasteiger partial charge in [-0.3, -0.25) is 14.2 Å². The summed E-state index contributed by atoms with van der Waals surface area (Å²) < 4.78 is 1.69. The van der Waals surface area contributed by atoms with E-state index in [1.165, 1.54) is 34.2 Å². The highest BCUT2D eigenvalue weighted by Gasteiger charge is 2.25. The van der Waals surface area contributed by atoms with Crippen molar-refractivity contribution in [1.82, 2.24) is 14.9 Å². The highest BCUT2D eigenvalue weighted by Crippen LogP contribution is 2.36. The van der Waals surface area contributed by atoms with E-state index in [0.717, 1.165) is 40.7 Å². The molecule has 3 aromatic rings. The van der Waals surface area contributed by atoms with Gasteiger partial charge in [-0.05, 0) is 75.3 Å². The summed E-state index contributed by atoms with van der Waals surface area (Å²) in [6, 6.07) is 6.02. The highest BCUT2D eigenvalue weighted by atomic mass is 32.2. The van der Waals surface area contributed by atoms with E-state index in [1.54, 1.807) is 23.0 Å². The van der Waals surface area contributed by atoms with Gasteiger partial charge in [-0.25, -0.2) is 4.98 Å². The minimum absolute atomic E-state index is 0.0238. The Labute approximate surface area is 178 Å². The van der Waals surface area contributed by atoms with Crippen LogP contribution in [0.4, 0.5) is 0 Å². The molecule has 0 fully saturated rings. The van der Waals surface area contributed by atoms with E-state index in [1.807, 2.05) is 32.0 Å². The Balaban J connectivity index is 1.97. The van der Waals surface area contributed by atoms with Crippen LogP contribution >= 0.6 is 23.1 Å². The maximum Gasteiger partial charge on any atom is 0.267 e. The Bertz CT molecular complexity index is 1160. The van der Waals surface area contributed by atoms with Crippen molar-refractivity contribution < 1.29 is 4.79 Å². The summed E-state index contributed by atoms with van der Waals surface area (Å²) in [6.45, 7) is 5.94. The van der Waals surface area contributed by atoms with E-state index < -0.39 is 0 Å². The Morgan fingerprint density at radius 3 is 2.72 bits per heavy atom. The number of hydrogen-bond acceptors (Lipinski definition) is 5. The molecule has 1 amide bonds. The fourth-order valence-corrected chi connectivity index (χ4v) is 6.06. The average molecular weight is 428 g/mol. The number of thioether (sulfide) groups is 1. The molecule has 0 saturated carbocycles. The second-order valence-corrected chi connectivity index (χ2v) is 9.96. The molecule has 0 saturated heterocycles. The molecule has 0 bridgehead atoms. The van der Waals surface area contributed by atoms with Gasteiger partial charge < -0.3 is 5.32 Å². The van der Waals surface area contributed by atoms with Crippen molar-refractivity contribution in [3.8, 4) is 5.69 Å². The van der Waals surface area contributed by atoms with E-state index in [2.05, 4.69) is 12.2 Å². The fraction of sp³-hybridized carbons (Fsp3) is 0.409. The zero-order valence-electron chi connectivity index (χ0n) is 17.2. The minimum Gasteiger partial charge on any atom is -0.358 e. The molecule has 0 spiro atoms. The number of aryl methyl sites for hydroxylation is 4. The minimum atomic E-state index is -0.350. The third-order valence-electron chi connectivity index (χ3n) is 5.60. The van der Waals surface area contributed by atoms with Gasteiger partial charge in [-0.15, -0.1) is 11.3 Å². The molecule has 1 aliphatic rings. The van der Waals surface area contributed by atoms with Crippen LogP contribution in [0.3, 0.4) is 0 Å². The summed E-state index contributed by atoms with van der Waals surface area (Å²) in [7, 11) is 1.62. The zero-order chi connectivity index (χ0) is 20.7. The quantitative estimate of drug-likeness (QED) is 0.501. The molecule has 1 N–H and O–H groups in total. The molecule has 1 atom stereocenters. The molecule has 29 heavy (non-hydrogen) atoms. The first-order valence-electron chi connectivity index (χ1n) is 9.94. The van der Waals surface area contributed by atoms with Gasteiger partial charge >= 0.3 is 0 Å². The van der Waals surface area contributed by atoms with Crippen LogP contribution < -0.4 is 10.9 Å². The molecule has 2 heterocycles.